The highest BCUT2D eigenvalue weighted by molar-refractivity contribution is 9.10. The lowest BCUT2D eigenvalue weighted by molar-refractivity contribution is 0.434. The van der Waals surface area contributed by atoms with Crippen molar-refractivity contribution in [2.45, 2.75) is 19.4 Å². The number of likely N-dealkylation sites (N-methyl/N-ethyl adjacent to an activating group) is 1. The Balaban J connectivity index is 1.93. The van der Waals surface area contributed by atoms with Gasteiger partial charge in [0.05, 0.1) is 10.5 Å². The number of benzene rings is 2. The molecule has 3 rings (SSSR count). The molecule has 1 heterocycles. The standard InChI is InChI=1S/C18H18BrNO/c1-2-20-16(11-13-7-4-3-5-8-13)17-12-14-9-6-10-15(19)18(14)21-17/h3-10,12,16,20H,2,11H2,1H3. The molecule has 0 aliphatic rings. The number of nitrogens with one attached hydrogen (secondary N) is 1. The van der Waals surface area contributed by atoms with Crippen LogP contribution in [-0.2, 0) is 6.42 Å². The van der Waals surface area contributed by atoms with E-state index in [4.69, 9.17) is 4.42 Å². The van der Waals surface area contributed by atoms with E-state index in [2.05, 4.69) is 64.6 Å². The summed E-state index contributed by atoms with van der Waals surface area (Å²) in [4.78, 5) is 0. The van der Waals surface area contributed by atoms with E-state index in [9.17, 15) is 0 Å². The van der Waals surface area contributed by atoms with Crippen LogP contribution in [0.25, 0.3) is 11.0 Å². The van der Waals surface area contributed by atoms with Gasteiger partial charge in [0.1, 0.15) is 11.3 Å². The smallest absolute Gasteiger partial charge is 0.148 e. The molecular weight excluding hydrogens is 326 g/mol. The Kier molecular flexibility index (Phi) is 4.42. The molecule has 0 radical (unpaired) electrons. The molecule has 0 bridgehead atoms. The van der Waals surface area contributed by atoms with Crippen LogP contribution in [0.2, 0.25) is 0 Å². The van der Waals surface area contributed by atoms with Crippen LogP contribution >= 0.6 is 15.9 Å². The maximum atomic E-state index is 6.08. The Morgan fingerprint density at radius 2 is 1.90 bits per heavy atom. The van der Waals surface area contributed by atoms with Gasteiger partial charge in [-0.15, -0.1) is 0 Å². The Labute approximate surface area is 133 Å². The second-order valence-corrected chi connectivity index (χ2v) is 5.96. The summed E-state index contributed by atoms with van der Waals surface area (Å²) in [5, 5.41) is 4.65. The van der Waals surface area contributed by atoms with Crippen LogP contribution in [0.5, 0.6) is 0 Å². The average molecular weight is 344 g/mol. The van der Waals surface area contributed by atoms with Gasteiger partial charge in [-0.25, -0.2) is 0 Å². The third-order valence-corrected chi connectivity index (χ3v) is 4.22. The lowest BCUT2D eigenvalue weighted by atomic mass is 10.0. The number of rotatable bonds is 5. The number of hydrogen-bond donors (Lipinski definition) is 1. The lowest BCUT2D eigenvalue weighted by Crippen LogP contribution is -2.22. The molecule has 0 aliphatic heterocycles. The van der Waals surface area contributed by atoms with Crippen molar-refractivity contribution >= 4 is 26.9 Å². The first-order valence-electron chi connectivity index (χ1n) is 7.23. The third-order valence-electron chi connectivity index (χ3n) is 3.59. The zero-order chi connectivity index (χ0) is 14.7. The minimum atomic E-state index is 0.191. The second-order valence-electron chi connectivity index (χ2n) is 5.11. The molecule has 2 aromatic carbocycles. The summed E-state index contributed by atoms with van der Waals surface area (Å²) < 4.78 is 7.08. The Morgan fingerprint density at radius 1 is 1.10 bits per heavy atom. The Bertz CT molecular complexity index is 720. The molecule has 0 saturated carbocycles. The summed E-state index contributed by atoms with van der Waals surface area (Å²) in [6, 6.07) is 19.0. The number of para-hydroxylation sites is 1. The topological polar surface area (TPSA) is 25.2 Å². The van der Waals surface area contributed by atoms with Gasteiger partial charge >= 0.3 is 0 Å². The van der Waals surface area contributed by atoms with Crippen molar-refractivity contribution in [1.82, 2.24) is 5.32 Å². The van der Waals surface area contributed by atoms with Crippen molar-refractivity contribution in [2.75, 3.05) is 6.54 Å². The van der Waals surface area contributed by atoms with Crippen LogP contribution in [0.4, 0.5) is 0 Å². The van der Waals surface area contributed by atoms with Crippen molar-refractivity contribution in [1.29, 1.82) is 0 Å². The van der Waals surface area contributed by atoms with Gasteiger partial charge in [-0.05, 0) is 46.6 Å². The molecule has 21 heavy (non-hydrogen) atoms. The molecule has 0 amide bonds. The highest BCUT2D eigenvalue weighted by Gasteiger charge is 2.17. The van der Waals surface area contributed by atoms with Crippen LogP contribution < -0.4 is 5.32 Å². The molecule has 3 aromatic rings. The maximum Gasteiger partial charge on any atom is 0.148 e. The number of hydrogen-bond acceptors (Lipinski definition) is 2. The molecule has 1 unspecified atom stereocenters. The van der Waals surface area contributed by atoms with Gasteiger partial charge < -0.3 is 9.73 Å². The second kappa shape index (κ2) is 6.46. The largest absolute Gasteiger partial charge is 0.458 e. The summed E-state index contributed by atoms with van der Waals surface area (Å²) in [5.74, 6) is 0.989. The summed E-state index contributed by atoms with van der Waals surface area (Å²) >= 11 is 3.55. The normalized spacial score (nSPS) is 12.7. The van der Waals surface area contributed by atoms with Crippen molar-refractivity contribution in [3.05, 3.63) is 70.4 Å². The van der Waals surface area contributed by atoms with Crippen molar-refractivity contribution in [3.63, 3.8) is 0 Å². The van der Waals surface area contributed by atoms with Crippen LogP contribution in [-0.4, -0.2) is 6.54 Å². The quantitative estimate of drug-likeness (QED) is 0.698. The molecule has 1 atom stereocenters. The Hall–Kier alpha value is -1.58. The monoisotopic (exact) mass is 343 g/mol. The van der Waals surface area contributed by atoms with E-state index in [1.165, 1.54) is 5.56 Å². The fraction of sp³-hybridized carbons (Fsp3) is 0.222. The predicted molar refractivity (Wildman–Crippen MR) is 90.5 cm³/mol. The highest BCUT2D eigenvalue weighted by atomic mass is 79.9. The van der Waals surface area contributed by atoms with Gasteiger partial charge in [0, 0.05) is 5.39 Å². The summed E-state index contributed by atoms with van der Waals surface area (Å²) in [6.45, 7) is 3.03. The van der Waals surface area contributed by atoms with Crippen LogP contribution in [0.1, 0.15) is 24.3 Å². The highest BCUT2D eigenvalue weighted by Crippen LogP contribution is 2.30. The van der Waals surface area contributed by atoms with E-state index in [-0.39, 0.29) is 6.04 Å². The molecule has 0 aliphatic carbocycles. The number of furan rings is 1. The number of fused-ring (bicyclic) bond motifs is 1. The van der Waals surface area contributed by atoms with E-state index >= 15 is 0 Å². The first-order chi connectivity index (χ1) is 10.3. The molecule has 1 aromatic heterocycles. The van der Waals surface area contributed by atoms with E-state index < -0.39 is 0 Å². The lowest BCUT2D eigenvalue weighted by Gasteiger charge is -2.15. The first kappa shape index (κ1) is 14.4. The predicted octanol–water partition coefficient (Wildman–Crippen LogP) is 5.09. The zero-order valence-corrected chi connectivity index (χ0v) is 13.6. The molecule has 0 spiro atoms. The van der Waals surface area contributed by atoms with E-state index in [0.29, 0.717) is 0 Å². The summed E-state index contributed by atoms with van der Waals surface area (Å²) in [7, 11) is 0. The average Bonchev–Trinajstić information content (AvgIpc) is 2.93. The summed E-state index contributed by atoms with van der Waals surface area (Å²) in [5.41, 5.74) is 2.23. The maximum absolute atomic E-state index is 6.08. The van der Waals surface area contributed by atoms with Crippen molar-refractivity contribution in [3.8, 4) is 0 Å². The van der Waals surface area contributed by atoms with Gasteiger partial charge in [-0.2, -0.15) is 0 Å². The molecule has 0 saturated heterocycles. The van der Waals surface area contributed by atoms with Gasteiger partial charge in [0.15, 0.2) is 0 Å². The van der Waals surface area contributed by atoms with Crippen LogP contribution in [0.3, 0.4) is 0 Å². The molecule has 2 nitrogen and oxygen atoms in total. The third kappa shape index (κ3) is 3.20. The van der Waals surface area contributed by atoms with Gasteiger partial charge in [-0.1, -0.05) is 49.4 Å². The number of halogens is 1. The summed E-state index contributed by atoms with van der Waals surface area (Å²) in [6.07, 6.45) is 0.923. The van der Waals surface area contributed by atoms with E-state index in [1.807, 2.05) is 18.2 Å². The zero-order valence-electron chi connectivity index (χ0n) is 12.0. The van der Waals surface area contributed by atoms with Crippen LogP contribution in [0.15, 0.2) is 63.5 Å². The minimum absolute atomic E-state index is 0.191. The van der Waals surface area contributed by atoms with Crippen molar-refractivity contribution in [2.24, 2.45) is 0 Å². The molecular formula is C18H18BrNO. The SMILES string of the molecule is CCNC(Cc1ccccc1)c1cc2cccc(Br)c2o1. The van der Waals surface area contributed by atoms with Crippen molar-refractivity contribution < 1.29 is 4.42 Å². The molecule has 1 N–H and O–H groups in total. The van der Waals surface area contributed by atoms with E-state index in [0.717, 1.165) is 34.2 Å². The fourth-order valence-corrected chi connectivity index (χ4v) is 3.05. The van der Waals surface area contributed by atoms with Crippen LogP contribution in [0, 0.1) is 0 Å². The first-order valence-corrected chi connectivity index (χ1v) is 8.02. The molecule has 0 fully saturated rings. The fourth-order valence-electron chi connectivity index (χ4n) is 2.59. The van der Waals surface area contributed by atoms with Gasteiger partial charge in [0.2, 0.25) is 0 Å². The molecule has 108 valence electrons. The van der Waals surface area contributed by atoms with Gasteiger partial charge in [0.25, 0.3) is 0 Å². The van der Waals surface area contributed by atoms with E-state index in [1.54, 1.807) is 0 Å². The molecule has 3 heteroatoms. The van der Waals surface area contributed by atoms with Gasteiger partial charge in [-0.3, -0.25) is 0 Å². The Morgan fingerprint density at radius 3 is 2.62 bits per heavy atom. The minimum Gasteiger partial charge on any atom is -0.458 e.